The molecule has 8 heteroatoms. The summed E-state index contributed by atoms with van der Waals surface area (Å²) < 4.78 is 16.2. The minimum absolute atomic E-state index is 0.0476. The Labute approximate surface area is 257 Å². The van der Waals surface area contributed by atoms with Crippen LogP contribution in [0.1, 0.15) is 123 Å². The Morgan fingerprint density at radius 3 is 1.98 bits per heavy atom. The topological polar surface area (TPSA) is 116 Å². The monoisotopic (exact) mass is 600 g/mol. The van der Waals surface area contributed by atoms with Crippen LogP contribution in [-0.4, -0.2) is 48.8 Å². The average molecular weight is 601 g/mol. The molecule has 0 bridgehead atoms. The van der Waals surface area contributed by atoms with E-state index in [1.165, 1.54) is 43.7 Å². The number of aliphatic carboxylic acids is 1. The summed E-state index contributed by atoms with van der Waals surface area (Å²) in [5.74, 6) is -2.06. The van der Waals surface area contributed by atoms with Crippen molar-refractivity contribution in [1.29, 1.82) is 0 Å². The molecule has 8 nitrogen and oxygen atoms in total. The highest BCUT2D eigenvalue weighted by Gasteiger charge is 2.49. The van der Waals surface area contributed by atoms with Gasteiger partial charge in [0.1, 0.15) is 13.2 Å². The fourth-order valence-electron chi connectivity index (χ4n) is 5.92. The summed E-state index contributed by atoms with van der Waals surface area (Å²) in [4.78, 5) is 50.6. The number of carboxylic acids is 1. The molecule has 0 radical (unpaired) electrons. The lowest BCUT2D eigenvalue weighted by molar-refractivity contribution is -0.169. The molecule has 1 aromatic rings. The van der Waals surface area contributed by atoms with Crippen LogP contribution in [0.25, 0.3) is 6.08 Å². The molecule has 1 aromatic carbocycles. The second kappa shape index (κ2) is 16.6. The first-order chi connectivity index (χ1) is 20.3. The van der Waals surface area contributed by atoms with Gasteiger partial charge in [0.15, 0.2) is 0 Å². The van der Waals surface area contributed by atoms with Crippen LogP contribution in [0, 0.1) is 16.2 Å². The van der Waals surface area contributed by atoms with Crippen molar-refractivity contribution < 1.29 is 38.5 Å². The maximum atomic E-state index is 13.4. The number of carbonyl (C=O) groups is 4. The van der Waals surface area contributed by atoms with Crippen molar-refractivity contribution >= 4 is 30.0 Å². The maximum Gasteiger partial charge on any atom is 0.330 e. The average Bonchev–Trinajstić information content (AvgIpc) is 2.98. The second-order valence-electron chi connectivity index (χ2n) is 13.1. The molecule has 2 unspecified atom stereocenters. The van der Waals surface area contributed by atoms with E-state index in [4.69, 9.17) is 14.2 Å². The number of carboxylic acid groups (broad SMARTS) is 1. The number of ether oxygens (including phenoxy) is 3. The molecular weight excluding hydrogens is 548 g/mol. The highest BCUT2D eigenvalue weighted by atomic mass is 16.6. The molecule has 0 heterocycles. The first-order valence-electron chi connectivity index (χ1n) is 15.8. The first kappa shape index (κ1) is 36.0. The normalized spacial score (nSPS) is 17.1. The molecule has 43 heavy (non-hydrogen) atoms. The predicted octanol–water partition coefficient (Wildman–Crippen LogP) is 7.49. The smallest absolute Gasteiger partial charge is 0.330 e. The number of hydrogen-bond donors (Lipinski definition) is 1. The lowest BCUT2D eigenvalue weighted by Crippen LogP contribution is -2.44. The van der Waals surface area contributed by atoms with Crippen LogP contribution < -0.4 is 0 Å². The molecule has 1 aliphatic rings. The molecule has 0 amide bonds. The maximum absolute atomic E-state index is 13.4. The lowest BCUT2D eigenvalue weighted by atomic mass is 9.65. The third kappa shape index (κ3) is 11.1. The van der Waals surface area contributed by atoms with Crippen LogP contribution in [0.3, 0.4) is 0 Å². The third-order valence-electron chi connectivity index (χ3n) is 8.67. The van der Waals surface area contributed by atoms with Crippen molar-refractivity contribution in [2.75, 3.05) is 19.8 Å². The fourth-order valence-corrected chi connectivity index (χ4v) is 5.92. The summed E-state index contributed by atoms with van der Waals surface area (Å²) >= 11 is 0. The lowest BCUT2D eigenvalue weighted by Gasteiger charge is -2.39. The van der Waals surface area contributed by atoms with Crippen LogP contribution in [0.15, 0.2) is 30.3 Å². The van der Waals surface area contributed by atoms with Crippen molar-refractivity contribution in [3.63, 3.8) is 0 Å². The molecule has 0 aromatic heterocycles. The van der Waals surface area contributed by atoms with Crippen molar-refractivity contribution in [3.05, 3.63) is 41.5 Å². The zero-order valence-corrected chi connectivity index (χ0v) is 27.0. The second-order valence-corrected chi connectivity index (χ2v) is 13.1. The summed E-state index contributed by atoms with van der Waals surface area (Å²) in [7, 11) is 0. The van der Waals surface area contributed by atoms with Crippen LogP contribution in [-0.2, 0) is 33.4 Å². The quantitative estimate of drug-likeness (QED) is 0.0846. The SMILES string of the molecule is CCCCOC(=O)C(C)(CC)CC(C)(CC(C)(C)C(=O)O)C(=O)OCCOC(=O)/C=C/c1ccc(C2CCCCC2)cc1. The van der Waals surface area contributed by atoms with E-state index in [0.717, 1.165) is 18.4 Å². The number of esters is 3. The van der Waals surface area contributed by atoms with Gasteiger partial charge >= 0.3 is 23.9 Å². The van der Waals surface area contributed by atoms with Crippen molar-refractivity contribution in [3.8, 4) is 0 Å². The van der Waals surface area contributed by atoms with Crippen LogP contribution in [0.5, 0.6) is 0 Å². The van der Waals surface area contributed by atoms with E-state index in [2.05, 4.69) is 12.1 Å². The van der Waals surface area contributed by atoms with Crippen molar-refractivity contribution in [2.24, 2.45) is 16.2 Å². The number of hydrogen-bond acceptors (Lipinski definition) is 7. The summed E-state index contributed by atoms with van der Waals surface area (Å²) in [5.41, 5.74) is -1.33. The molecule has 0 spiro atoms. The Balaban J connectivity index is 1.98. The van der Waals surface area contributed by atoms with E-state index < -0.39 is 40.1 Å². The van der Waals surface area contributed by atoms with E-state index in [0.29, 0.717) is 12.3 Å². The molecule has 1 N–H and O–H groups in total. The van der Waals surface area contributed by atoms with Crippen molar-refractivity contribution in [2.45, 2.75) is 112 Å². The van der Waals surface area contributed by atoms with Gasteiger partial charge in [-0.05, 0) is 89.3 Å². The Morgan fingerprint density at radius 2 is 1.40 bits per heavy atom. The van der Waals surface area contributed by atoms with Gasteiger partial charge in [-0.3, -0.25) is 14.4 Å². The Bertz CT molecular complexity index is 1100. The summed E-state index contributed by atoms with van der Waals surface area (Å²) in [6.45, 7) is 10.2. The zero-order chi connectivity index (χ0) is 32.1. The molecule has 1 aliphatic carbocycles. The van der Waals surface area contributed by atoms with E-state index >= 15 is 0 Å². The molecular formula is C35H52O8. The van der Waals surface area contributed by atoms with Gasteiger partial charge in [0.25, 0.3) is 0 Å². The minimum Gasteiger partial charge on any atom is -0.481 e. The Morgan fingerprint density at radius 1 is 0.814 bits per heavy atom. The number of unbranched alkanes of at least 4 members (excludes halogenated alkanes) is 1. The van der Waals surface area contributed by atoms with Gasteiger partial charge in [0.2, 0.25) is 0 Å². The summed E-state index contributed by atoms with van der Waals surface area (Å²) in [6, 6.07) is 8.24. The predicted molar refractivity (Wildman–Crippen MR) is 166 cm³/mol. The Kier molecular flexibility index (Phi) is 13.9. The van der Waals surface area contributed by atoms with E-state index in [-0.39, 0.29) is 32.7 Å². The van der Waals surface area contributed by atoms with Gasteiger partial charge in [0, 0.05) is 6.08 Å². The molecule has 1 saturated carbocycles. The van der Waals surface area contributed by atoms with E-state index in [1.807, 2.05) is 26.0 Å². The molecule has 1 fully saturated rings. The van der Waals surface area contributed by atoms with Gasteiger partial charge in [-0.2, -0.15) is 0 Å². The van der Waals surface area contributed by atoms with Gasteiger partial charge in [0.05, 0.1) is 22.9 Å². The largest absolute Gasteiger partial charge is 0.481 e. The third-order valence-corrected chi connectivity index (χ3v) is 8.67. The standard InChI is InChI=1S/C35H52O8/c1-7-9-21-42-31(39)34(5,8-2)25-35(6,24-33(3,4)30(37)38)32(40)43-23-22-41-29(36)20-17-26-15-18-28(19-16-26)27-13-11-10-12-14-27/h15-20,27H,7-14,21-25H2,1-6H3,(H,37,38)/b20-17+. The highest BCUT2D eigenvalue weighted by molar-refractivity contribution is 5.87. The zero-order valence-electron chi connectivity index (χ0n) is 27.0. The number of carbonyl (C=O) groups excluding carboxylic acids is 3. The molecule has 0 saturated heterocycles. The van der Waals surface area contributed by atoms with Gasteiger partial charge < -0.3 is 19.3 Å². The summed E-state index contributed by atoms with van der Waals surface area (Å²) in [5, 5.41) is 9.77. The minimum atomic E-state index is -1.30. The molecule has 240 valence electrons. The number of benzene rings is 1. The Hall–Kier alpha value is -3.16. The van der Waals surface area contributed by atoms with E-state index in [9.17, 15) is 24.3 Å². The van der Waals surface area contributed by atoms with Crippen LogP contribution in [0.2, 0.25) is 0 Å². The molecule has 2 atom stereocenters. The fraction of sp³-hybridized carbons (Fsp3) is 0.657. The first-order valence-corrected chi connectivity index (χ1v) is 15.8. The van der Waals surface area contributed by atoms with Gasteiger partial charge in [-0.1, -0.05) is 63.8 Å². The van der Waals surface area contributed by atoms with Crippen LogP contribution >= 0.6 is 0 Å². The van der Waals surface area contributed by atoms with Gasteiger partial charge in [-0.15, -0.1) is 0 Å². The highest BCUT2D eigenvalue weighted by Crippen LogP contribution is 2.45. The van der Waals surface area contributed by atoms with Gasteiger partial charge in [-0.25, -0.2) is 4.79 Å². The molecule has 2 rings (SSSR count). The molecule has 0 aliphatic heterocycles. The number of rotatable bonds is 17. The van der Waals surface area contributed by atoms with Crippen LogP contribution in [0.4, 0.5) is 0 Å². The van der Waals surface area contributed by atoms with E-state index in [1.54, 1.807) is 33.8 Å². The summed E-state index contributed by atoms with van der Waals surface area (Å²) in [6.07, 6.45) is 11.4. The van der Waals surface area contributed by atoms with Crippen molar-refractivity contribution in [1.82, 2.24) is 0 Å².